The van der Waals surface area contributed by atoms with Crippen LogP contribution in [0.4, 0.5) is 0 Å². The zero-order valence-electron chi connectivity index (χ0n) is 19.3. The third-order valence-corrected chi connectivity index (χ3v) is 5.98. The third-order valence-electron chi connectivity index (χ3n) is 5.98. The monoisotopic (exact) mass is 422 g/mol. The molecule has 0 spiro atoms. The molecule has 0 unspecified atom stereocenters. The Morgan fingerprint density at radius 2 is 1.26 bits per heavy atom. The van der Waals surface area contributed by atoms with Gasteiger partial charge in [0.05, 0.1) is 37.6 Å². The number of rotatable bonds is 11. The van der Waals surface area contributed by atoms with Gasteiger partial charge in [-0.1, -0.05) is 66.7 Å². The predicted molar refractivity (Wildman–Crippen MR) is 126 cm³/mol. The van der Waals surface area contributed by atoms with Crippen molar-refractivity contribution in [3.63, 3.8) is 0 Å². The molecule has 1 aliphatic heterocycles. The Balaban J connectivity index is 1.52. The molecule has 1 aliphatic rings. The molecular weight excluding hydrogens is 387 g/mol. The maximum absolute atomic E-state index is 6.28. The zero-order chi connectivity index (χ0) is 22.2. The summed E-state index contributed by atoms with van der Waals surface area (Å²) in [7, 11) is -0.348. The van der Waals surface area contributed by atoms with Crippen LogP contribution in [-0.4, -0.2) is 31.5 Å². The fourth-order valence-electron chi connectivity index (χ4n) is 3.36. The van der Waals surface area contributed by atoms with Crippen molar-refractivity contribution in [3.05, 3.63) is 83.3 Å². The van der Waals surface area contributed by atoms with Crippen LogP contribution in [0.3, 0.4) is 0 Å². The molecule has 0 bridgehead atoms. The summed E-state index contributed by atoms with van der Waals surface area (Å²) >= 11 is 0. The largest absolute Gasteiger partial charge is 0.490 e. The van der Waals surface area contributed by atoms with E-state index in [-0.39, 0.29) is 18.3 Å². The van der Waals surface area contributed by atoms with Crippen LogP contribution in [0.25, 0.3) is 0 Å². The summed E-state index contributed by atoms with van der Waals surface area (Å²) < 4.78 is 24.3. The summed E-state index contributed by atoms with van der Waals surface area (Å²) in [5.41, 5.74) is 2.77. The minimum absolute atomic E-state index is 0.348. The molecule has 0 N–H and O–H groups in total. The molecule has 1 heterocycles. The van der Waals surface area contributed by atoms with Crippen molar-refractivity contribution in [1.82, 2.24) is 0 Å². The van der Waals surface area contributed by atoms with Gasteiger partial charge in [-0.15, -0.1) is 0 Å². The second-order valence-corrected chi connectivity index (χ2v) is 8.98. The summed E-state index contributed by atoms with van der Waals surface area (Å²) in [5.74, 6) is 0. The lowest BCUT2D eigenvalue weighted by Gasteiger charge is -2.32. The maximum atomic E-state index is 6.28. The van der Waals surface area contributed by atoms with Gasteiger partial charge in [-0.2, -0.15) is 0 Å². The molecule has 2 aromatic carbocycles. The van der Waals surface area contributed by atoms with E-state index in [2.05, 4.69) is 58.0 Å². The van der Waals surface area contributed by atoms with E-state index in [4.69, 9.17) is 18.8 Å². The van der Waals surface area contributed by atoms with Crippen molar-refractivity contribution >= 4 is 7.12 Å². The van der Waals surface area contributed by atoms with E-state index >= 15 is 0 Å². The van der Waals surface area contributed by atoms with Crippen molar-refractivity contribution in [2.75, 3.05) is 13.2 Å². The molecule has 0 aliphatic carbocycles. The fourth-order valence-corrected chi connectivity index (χ4v) is 3.36. The van der Waals surface area contributed by atoms with Gasteiger partial charge in [0.15, 0.2) is 0 Å². The van der Waals surface area contributed by atoms with Crippen LogP contribution < -0.4 is 0 Å². The summed E-state index contributed by atoms with van der Waals surface area (Å²) in [4.78, 5) is 0. The summed E-state index contributed by atoms with van der Waals surface area (Å²) in [6, 6.07) is 20.5. The molecule has 166 valence electrons. The van der Waals surface area contributed by atoms with Gasteiger partial charge in [-0.25, -0.2) is 0 Å². The second kappa shape index (κ2) is 11.1. The number of benzene rings is 2. The molecule has 1 saturated heterocycles. The smallest absolute Gasteiger partial charge is 0.400 e. The van der Waals surface area contributed by atoms with Crippen LogP contribution in [0.1, 0.15) is 51.7 Å². The molecule has 0 amide bonds. The van der Waals surface area contributed by atoms with Gasteiger partial charge in [0.25, 0.3) is 0 Å². The Morgan fingerprint density at radius 1 is 0.774 bits per heavy atom. The number of hydrogen-bond acceptors (Lipinski definition) is 4. The standard InChI is InChI=1S/C26H35BO4/c1-25(2)26(3,4)31-27(30-25)24(17-19-29-21-23-14-9-6-10-15-23)16-11-18-28-20-22-12-7-5-8-13-22/h5-10,12-16H,11,17-21H2,1-4H3/b24-16-. The molecule has 4 nitrogen and oxygen atoms in total. The molecular formula is C26H35BO4. The predicted octanol–water partition coefficient (Wildman–Crippen LogP) is 5.76. The molecule has 0 aromatic heterocycles. The van der Waals surface area contributed by atoms with Crippen molar-refractivity contribution in [2.45, 2.75) is 65.0 Å². The lowest BCUT2D eigenvalue weighted by Crippen LogP contribution is -2.41. The van der Waals surface area contributed by atoms with E-state index in [9.17, 15) is 0 Å². The minimum atomic E-state index is -0.356. The topological polar surface area (TPSA) is 36.9 Å². The first-order chi connectivity index (χ1) is 14.9. The first-order valence-corrected chi connectivity index (χ1v) is 11.2. The average molecular weight is 422 g/mol. The summed E-state index contributed by atoms with van der Waals surface area (Å²) in [6.45, 7) is 10.8. The van der Waals surface area contributed by atoms with Crippen LogP contribution in [0.15, 0.2) is 72.2 Å². The van der Waals surface area contributed by atoms with Gasteiger partial charge >= 0.3 is 7.12 Å². The molecule has 0 saturated carbocycles. The van der Waals surface area contributed by atoms with Gasteiger partial charge in [0.1, 0.15) is 0 Å². The van der Waals surface area contributed by atoms with Gasteiger partial charge in [-0.05, 0) is 57.1 Å². The van der Waals surface area contributed by atoms with E-state index in [1.807, 2.05) is 36.4 Å². The van der Waals surface area contributed by atoms with Crippen LogP contribution in [-0.2, 0) is 32.0 Å². The van der Waals surface area contributed by atoms with Crippen molar-refractivity contribution in [1.29, 1.82) is 0 Å². The Hall–Kier alpha value is -1.92. The van der Waals surface area contributed by atoms with Gasteiger partial charge < -0.3 is 18.8 Å². The lowest BCUT2D eigenvalue weighted by molar-refractivity contribution is 0.00578. The first kappa shape index (κ1) is 23.7. The van der Waals surface area contributed by atoms with Gasteiger partial charge in [0, 0.05) is 0 Å². The zero-order valence-corrected chi connectivity index (χ0v) is 19.3. The van der Waals surface area contributed by atoms with Crippen LogP contribution in [0, 0.1) is 0 Å². The van der Waals surface area contributed by atoms with Gasteiger partial charge in [0.2, 0.25) is 0 Å². The Kier molecular flexibility index (Phi) is 8.50. The van der Waals surface area contributed by atoms with E-state index < -0.39 is 0 Å². The van der Waals surface area contributed by atoms with Gasteiger partial charge in [-0.3, -0.25) is 0 Å². The highest BCUT2D eigenvalue weighted by Crippen LogP contribution is 2.39. The number of ether oxygens (including phenoxy) is 2. The molecule has 1 fully saturated rings. The Bertz CT molecular complexity index is 802. The first-order valence-electron chi connectivity index (χ1n) is 11.2. The third kappa shape index (κ3) is 7.04. The van der Waals surface area contributed by atoms with E-state index in [0.29, 0.717) is 26.4 Å². The normalized spacial score (nSPS) is 17.8. The Morgan fingerprint density at radius 3 is 1.77 bits per heavy atom. The van der Waals surface area contributed by atoms with Crippen molar-refractivity contribution in [2.24, 2.45) is 0 Å². The van der Waals surface area contributed by atoms with Crippen molar-refractivity contribution in [3.8, 4) is 0 Å². The minimum Gasteiger partial charge on any atom is -0.400 e. The molecule has 2 aromatic rings. The SMILES string of the molecule is CC1(C)OB(/C(=C\CCOCc2ccccc2)CCOCc2ccccc2)OC1(C)C. The molecule has 0 atom stereocenters. The maximum Gasteiger partial charge on any atom is 0.490 e. The highest BCUT2D eigenvalue weighted by atomic mass is 16.7. The van der Waals surface area contributed by atoms with E-state index in [1.54, 1.807) is 0 Å². The van der Waals surface area contributed by atoms with Crippen molar-refractivity contribution < 1.29 is 18.8 Å². The lowest BCUT2D eigenvalue weighted by atomic mass is 9.75. The molecule has 5 heteroatoms. The molecule has 3 rings (SSSR count). The number of hydrogen-bond donors (Lipinski definition) is 0. The van der Waals surface area contributed by atoms with E-state index in [0.717, 1.165) is 18.3 Å². The van der Waals surface area contributed by atoms with Crippen LogP contribution >= 0.6 is 0 Å². The van der Waals surface area contributed by atoms with Crippen LogP contribution in [0.5, 0.6) is 0 Å². The van der Waals surface area contributed by atoms with Crippen LogP contribution in [0.2, 0.25) is 0 Å². The summed E-state index contributed by atoms with van der Waals surface area (Å²) in [5, 5.41) is 0. The highest BCUT2D eigenvalue weighted by molar-refractivity contribution is 6.54. The summed E-state index contributed by atoms with van der Waals surface area (Å²) in [6.07, 6.45) is 3.77. The fraction of sp³-hybridized carbons (Fsp3) is 0.462. The second-order valence-electron chi connectivity index (χ2n) is 8.98. The average Bonchev–Trinajstić information content (AvgIpc) is 2.97. The molecule has 0 radical (unpaired) electrons. The molecule has 31 heavy (non-hydrogen) atoms. The highest BCUT2D eigenvalue weighted by Gasteiger charge is 2.52. The van der Waals surface area contributed by atoms with E-state index in [1.165, 1.54) is 11.1 Å². The quantitative estimate of drug-likeness (QED) is 0.341. The Labute approximate surface area is 187 Å².